The number of piperazine rings is 2. The van der Waals surface area contributed by atoms with Crippen molar-refractivity contribution in [3.8, 4) is 17.3 Å². The number of benzene rings is 1. The van der Waals surface area contributed by atoms with Crippen molar-refractivity contribution >= 4 is 39.4 Å². The fourth-order valence-electron chi connectivity index (χ4n) is 5.65. The smallest absolute Gasteiger partial charge is 0.320 e. The maximum Gasteiger partial charge on any atom is 0.320 e. The summed E-state index contributed by atoms with van der Waals surface area (Å²) in [5.74, 6) is -0.331. The molecule has 2 amide bonds. The number of hydrogen-bond acceptors (Lipinski definition) is 8. The summed E-state index contributed by atoms with van der Waals surface area (Å²) < 4.78 is 15.4. The van der Waals surface area contributed by atoms with Gasteiger partial charge in [-0.1, -0.05) is 18.3 Å². The molecule has 5 heterocycles. The van der Waals surface area contributed by atoms with Gasteiger partial charge in [-0.15, -0.1) is 0 Å². The number of carbonyl (C=O) groups excluding carboxylic acids is 1. The summed E-state index contributed by atoms with van der Waals surface area (Å²) in [4.78, 5) is 28.9. The van der Waals surface area contributed by atoms with E-state index in [9.17, 15) is 14.4 Å². The minimum absolute atomic E-state index is 0.144. The number of likely N-dealkylation sites (N-methyl/N-ethyl adjacent to an activating group) is 1. The Hall–Kier alpha value is -4.21. The molecule has 2 saturated heterocycles. The van der Waals surface area contributed by atoms with Crippen LogP contribution in [0.1, 0.15) is 17.5 Å². The Bertz CT molecular complexity index is 1630. The Morgan fingerprint density at radius 1 is 1.05 bits per heavy atom. The monoisotopic (exact) mass is 587 g/mol. The molecule has 4 aromatic rings. The summed E-state index contributed by atoms with van der Waals surface area (Å²) in [6, 6.07) is 12.7. The Morgan fingerprint density at radius 3 is 2.36 bits per heavy atom. The highest BCUT2D eigenvalue weighted by atomic mass is 32.1. The lowest BCUT2D eigenvalue weighted by Gasteiger charge is -2.40. The van der Waals surface area contributed by atoms with Crippen LogP contribution >= 0.6 is 11.3 Å². The Kier molecular flexibility index (Phi) is 7.70. The third-order valence-electron chi connectivity index (χ3n) is 8.14. The fourth-order valence-corrected chi connectivity index (χ4v) is 6.51. The Balaban J connectivity index is 1.24. The number of amides is 2. The van der Waals surface area contributed by atoms with Gasteiger partial charge < -0.3 is 24.5 Å². The first-order chi connectivity index (χ1) is 20.4. The van der Waals surface area contributed by atoms with E-state index >= 15 is 0 Å². The molecule has 3 aromatic heterocycles. The maximum absolute atomic E-state index is 13.5. The van der Waals surface area contributed by atoms with E-state index in [2.05, 4.69) is 42.0 Å². The van der Waals surface area contributed by atoms with Crippen molar-refractivity contribution in [1.82, 2.24) is 29.3 Å². The molecule has 0 N–H and O–H groups in total. The number of nitriles is 1. The lowest BCUT2D eigenvalue weighted by molar-refractivity contribution is 0.120. The minimum Gasteiger partial charge on any atom is -0.368 e. The first kappa shape index (κ1) is 27.9. The molecule has 6 rings (SSSR count). The van der Waals surface area contributed by atoms with Crippen LogP contribution in [0.2, 0.25) is 0 Å². The summed E-state index contributed by atoms with van der Waals surface area (Å²) >= 11 is 1.31. The average Bonchev–Trinajstić information content (AvgIpc) is 3.63. The highest BCUT2D eigenvalue weighted by Gasteiger charge is 2.28. The van der Waals surface area contributed by atoms with Gasteiger partial charge in [0.05, 0.1) is 16.9 Å². The number of aryl methyl sites for hydroxylation is 1. The van der Waals surface area contributed by atoms with Gasteiger partial charge in [0.1, 0.15) is 22.5 Å². The second kappa shape index (κ2) is 11.6. The second-order valence-electron chi connectivity index (χ2n) is 10.8. The molecule has 12 heteroatoms. The van der Waals surface area contributed by atoms with Crippen molar-refractivity contribution in [3.63, 3.8) is 0 Å². The number of carbonyl (C=O) groups is 1. The minimum atomic E-state index is -0.331. The quantitative estimate of drug-likeness (QED) is 0.344. The zero-order valence-corrected chi connectivity index (χ0v) is 24.9. The number of thiazole rings is 1. The average molecular weight is 588 g/mol. The molecule has 2 aliphatic heterocycles. The van der Waals surface area contributed by atoms with E-state index in [1.54, 1.807) is 12.1 Å². The van der Waals surface area contributed by atoms with Crippen LogP contribution in [-0.4, -0.2) is 102 Å². The molecule has 42 heavy (non-hydrogen) atoms. The van der Waals surface area contributed by atoms with E-state index in [-0.39, 0.29) is 11.8 Å². The number of nitrogens with zero attached hydrogens (tertiary/aromatic N) is 9. The molecule has 0 radical (unpaired) electrons. The van der Waals surface area contributed by atoms with Gasteiger partial charge in [-0.25, -0.2) is 18.7 Å². The van der Waals surface area contributed by atoms with Gasteiger partial charge in [-0.2, -0.15) is 10.4 Å². The topological polar surface area (TPSA) is 87.2 Å². The second-order valence-corrected chi connectivity index (χ2v) is 11.7. The third kappa shape index (κ3) is 5.26. The van der Waals surface area contributed by atoms with Crippen LogP contribution in [0, 0.1) is 17.1 Å². The number of rotatable bonds is 5. The highest BCUT2D eigenvalue weighted by molar-refractivity contribution is 7.16. The van der Waals surface area contributed by atoms with Crippen molar-refractivity contribution in [1.29, 1.82) is 5.26 Å². The van der Waals surface area contributed by atoms with Crippen LogP contribution in [0.5, 0.6) is 0 Å². The third-order valence-corrected chi connectivity index (χ3v) is 9.18. The molecule has 0 spiro atoms. The van der Waals surface area contributed by atoms with Gasteiger partial charge in [0.15, 0.2) is 5.13 Å². The summed E-state index contributed by atoms with van der Waals surface area (Å²) in [6.07, 6.45) is 2.71. The van der Waals surface area contributed by atoms with Crippen molar-refractivity contribution < 1.29 is 9.18 Å². The van der Waals surface area contributed by atoms with E-state index in [1.165, 1.54) is 23.5 Å². The number of halogens is 1. The number of pyridine rings is 1. The zero-order chi connectivity index (χ0) is 29.4. The lowest BCUT2D eigenvalue weighted by atomic mass is 10.1. The van der Waals surface area contributed by atoms with E-state index in [4.69, 9.17) is 10.1 Å². The fraction of sp³-hybridized carbons (Fsp3) is 0.400. The summed E-state index contributed by atoms with van der Waals surface area (Å²) in [7, 11) is 4.04. The lowest BCUT2D eigenvalue weighted by Crippen LogP contribution is -2.56. The molecule has 2 aliphatic rings. The van der Waals surface area contributed by atoms with Crippen LogP contribution < -0.4 is 9.80 Å². The molecule has 0 saturated carbocycles. The van der Waals surface area contributed by atoms with Crippen LogP contribution in [0.15, 0.2) is 42.6 Å². The summed E-state index contributed by atoms with van der Waals surface area (Å²) in [5.41, 5.74) is 5.13. The van der Waals surface area contributed by atoms with E-state index < -0.39 is 0 Å². The standard InChI is InChI=1S/C30H34FN9OS/c1-4-24-28(36(3)29-33-27(26(20-32)42-29)21-5-7-22(31)8-6-21)25-19-23(9-10-40(25)34-24)37-15-17-39(18-16-37)30(41)38-13-11-35(2)12-14-38/h5-10,19H,4,11-18H2,1-3H3. The van der Waals surface area contributed by atoms with Crippen molar-refractivity contribution in [2.45, 2.75) is 13.3 Å². The number of aromatic nitrogens is 3. The maximum atomic E-state index is 13.5. The van der Waals surface area contributed by atoms with Crippen LogP contribution in [0.25, 0.3) is 16.8 Å². The number of anilines is 3. The van der Waals surface area contributed by atoms with Crippen molar-refractivity contribution in [2.75, 3.05) is 76.3 Å². The molecule has 1 aromatic carbocycles. The molecule has 10 nitrogen and oxygen atoms in total. The number of hydrogen-bond donors (Lipinski definition) is 0. The van der Waals surface area contributed by atoms with Gasteiger partial charge in [0, 0.05) is 76.9 Å². The van der Waals surface area contributed by atoms with Crippen LogP contribution in [0.4, 0.5) is 25.7 Å². The molecule has 2 fully saturated rings. The molecule has 0 aliphatic carbocycles. The van der Waals surface area contributed by atoms with Crippen LogP contribution in [0.3, 0.4) is 0 Å². The Morgan fingerprint density at radius 2 is 1.71 bits per heavy atom. The largest absolute Gasteiger partial charge is 0.368 e. The van der Waals surface area contributed by atoms with E-state index in [0.717, 1.165) is 68.3 Å². The number of urea groups is 1. The van der Waals surface area contributed by atoms with Gasteiger partial charge in [0.2, 0.25) is 0 Å². The molecule has 218 valence electrons. The molecule has 0 unspecified atom stereocenters. The van der Waals surface area contributed by atoms with Gasteiger partial charge in [-0.05, 0) is 49.9 Å². The molecular weight excluding hydrogens is 553 g/mol. The molecule has 0 atom stereocenters. The zero-order valence-electron chi connectivity index (χ0n) is 24.1. The SMILES string of the molecule is CCc1nn2ccc(N3CCN(C(=O)N4CCN(C)CC4)CC3)cc2c1N(C)c1nc(-c2ccc(F)cc2)c(C#N)s1. The van der Waals surface area contributed by atoms with Gasteiger partial charge in [0.25, 0.3) is 0 Å². The first-order valence-electron chi connectivity index (χ1n) is 14.3. The predicted molar refractivity (Wildman–Crippen MR) is 163 cm³/mol. The first-order valence-corrected chi connectivity index (χ1v) is 15.1. The number of fused-ring (bicyclic) bond motifs is 1. The highest BCUT2D eigenvalue weighted by Crippen LogP contribution is 2.39. The normalized spacial score (nSPS) is 16.2. The van der Waals surface area contributed by atoms with Gasteiger partial charge >= 0.3 is 6.03 Å². The summed E-state index contributed by atoms with van der Waals surface area (Å²) in [6.45, 7) is 8.36. The van der Waals surface area contributed by atoms with E-state index in [0.29, 0.717) is 34.4 Å². The Labute approximate surface area is 248 Å². The van der Waals surface area contributed by atoms with Crippen molar-refractivity contribution in [2.24, 2.45) is 0 Å². The van der Waals surface area contributed by atoms with Crippen molar-refractivity contribution in [3.05, 3.63) is 59.0 Å². The molecule has 0 bridgehead atoms. The predicted octanol–water partition coefficient (Wildman–Crippen LogP) is 4.29. The van der Waals surface area contributed by atoms with Crippen LogP contribution in [-0.2, 0) is 6.42 Å². The van der Waals surface area contributed by atoms with Gasteiger partial charge in [-0.3, -0.25) is 0 Å². The molecular formula is C30H34FN9OS. The van der Waals surface area contributed by atoms with E-state index in [1.807, 2.05) is 32.5 Å². The summed E-state index contributed by atoms with van der Waals surface area (Å²) in [5, 5.41) is 15.3.